The second-order valence-electron chi connectivity index (χ2n) is 5.40. The Hall–Kier alpha value is -2.53. The normalized spacial score (nSPS) is 10.2. The van der Waals surface area contributed by atoms with Crippen molar-refractivity contribution in [3.63, 3.8) is 0 Å². The molecule has 0 saturated heterocycles. The molecule has 0 aromatic heterocycles. The summed E-state index contributed by atoms with van der Waals surface area (Å²) in [7, 11) is 0. The number of hydrogen-bond donors (Lipinski definition) is 2. The second-order valence-corrected chi connectivity index (χ2v) is 5.81. The topological polar surface area (TPSA) is 67.4 Å². The van der Waals surface area contributed by atoms with Gasteiger partial charge in [0.25, 0.3) is 5.91 Å². The zero-order chi connectivity index (χ0) is 18.2. The van der Waals surface area contributed by atoms with Gasteiger partial charge >= 0.3 is 0 Å². The number of benzene rings is 2. The third kappa shape index (κ3) is 5.50. The molecule has 0 aliphatic rings. The van der Waals surface area contributed by atoms with Crippen LogP contribution in [0.2, 0.25) is 5.02 Å². The van der Waals surface area contributed by atoms with Crippen molar-refractivity contribution in [2.75, 3.05) is 17.2 Å². The van der Waals surface area contributed by atoms with Crippen molar-refractivity contribution in [1.82, 2.24) is 0 Å². The lowest BCUT2D eigenvalue weighted by Crippen LogP contribution is -2.14. The maximum absolute atomic E-state index is 12.4. The van der Waals surface area contributed by atoms with Gasteiger partial charge in [-0.05, 0) is 55.8 Å². The molecule has 0 spiro atoms. The Morgan fingerprint density at radius 1 is 1.04 bits per heavy atom. The van der Waals surface area contributed by atoms with E-state index in [4.69, 9.17) is 16.3 Å². The first-order chi connectivity index (χ1) is 12.0. The van der Waals surface area contributed by atoms with Gasteiger partial charge in [0, 0.05) is 17.7 Å². The minimum atomic E-state index is -0.290. The van der Waals surface area contributed by atoms with Gasteiger partial charge in [-0.2, -0.15) is 0 Å². The van der Waals surface area contributed by atoms with Crippen molar-refractivity contribution in [3.05, 3.63) is 53.1 Å². The van der Waals surface area contributed by atoms with Crippen LogP contribution in [0.5, 0.6) is 5.75 Å². The molecule has 0 fully saturated rings. The third-order valence-electron chi connectivity index (χ3n) is 3.40. The zero-order valence-electron chi connectivity index (χ0n) is 14.3. The lowest BCUT2D eigenvalue weighted by atomic mass is 10.2. The van der Waals surface area contributed by atoms with Gasteiger partial charge in [0.15, 0.2) is 0 Å². The van der Waals surface area contributed by atoms with Crippen LogP contribution < -0.4 is 15.4 Å². The fourth-order valence-corrected chi connectivity index (χ4v) is 2.38. The van der Waals surface area contributed by atoms with Crippen molar-refractivity contribution in [3.8, 4) is 5.75 Å². The molecule has 25 heavy (non-hydrogen) atoms. The molecule has 6 heteroatoms. The maximum atomic E-state index is 12.4. The fraction of sp³-hybridized carbons (Fsp3) is 0.263. The van der Waals surface area contributed by atoms with Gasteiger partial charge in [-0.1, -0.05) is 18.5 Å². The summed E-state index contributed by atoms with van der Waals surface area (Å²) >= 11 is 6.14. The Morgan fingerprint density at radius 2 is 1.76 bits per heavy atom. The van der Waals surface area contributed by atoms with E-state index < -0.39 is 0 Å². The summed E-state index contributed by atoms with van der Waals surface area (Å²) in [6, 6.07) is 11.8. The highest BCUT2D eigenvalue weighted by atomic mass is 35.5. The number of rotatable bonds is 7. The number of hydrogen-bond acceptors (Lipinski definition) is 3. The van der Waals surface area contributed by atoms with Crippen LogP contribution in [0.3, 0.4) is 0 Å². The number of anilines is 2. The Bertz CT molecular complexity index is 745. The Balaban J connectivity index is 2.10. The van der Waals surface area contributed by atoms with E-state index in [1.165, 1.54) is 0 Å². The van der Waals surface area contributed by atoms with Crippen LogP contribution in [0, 0.1) is 0 Å². The molecular formula is C19H21ClN2O3. The minimum absolute atomic E-state index is 0.0754. The van der Waals surface area contributed by atoms with Gasteiger partial charge < -0.3 is 15.4 Å². The Morgan fingerprint density at radius 3 is 2.40 bits per heavy atom. The molecule has 0 radical (unpaired) electrons. The van der Waals surface area contributed by atoms with E-state index in [9.17, 15) is 9.59 Å². The van der Waals surface area contributed by atoms with Crippen LogP contribution in [0.1, 0.15) is 37.0 Å². The molecule has 132 valence electrons. The monoisotopic (exact) mass is 360 g/mol. The molecule has 0 atom stereocenters. The van der Waals surface area contributed by atoms with E-state index in [1.54, 1.807) is 42.5 Å². The summed E-state index contributed by atoms with van der Waals surface area (Å²) in [5, 5.41) is 5.94. The molecule has 0 unspecified atom stereocenters. The van der Waals surface area contributed by atoms with Crippen LogP contribution >= 0.6 is 11.6 Å². The van der Waals surface area contributed by atoms with Crippen molar-refractivity contribution in [2.24, 2.45) is 0 Å². The number of ether oxygens (including phenoxy) is 1. The van der Waals surface area contributed by atoms with E-state index in [1.807, 2.05) is 13.8 Å². The first-order valence-corrected chi connectivity index (χ1v) is 8.55. The molecule has 0 aliphatic carbocycles. The van der Waals surface area contributed by atoms with Crippen molar-refractivity contribution in [2.45, 2.75) is 26.7 Å². The van der Waals surface area contributed by atoms with Crippen LogP contribution in [0.4, 0.5) is 11.4 Å². The molecule has 0 bridgehead atoms. The van der Waals surface area contributed by atoms with Crippen LogP contribution in [0.25, 0.3) is 0 Å². The number of carbonyl (C=O) groups is 2. The van der Waals surface area contributed by atoms with Gasteiger partial charge in [-0.3, -0.25) is 9.59 Å². The first-order valence-electron chi connectivity index (χ1n) is 8.17. The molecule has 0 saturated carbocycles. The average molecular weight is 361 g/mol. The molecule has 2 N–H and O–H groups in total. The van der Waals surface area contributed by atoms with Gasteiger partial charge in [0.2, 0.25) is 5.91 Å². The van der Waals surface area contributed by atoms with E-state index in [0.717, 1.165) is 6.42 Å². The molecule has 5 nitrogen and oxygen atoms in total. The van der Waals surface area contributed by atoms with Crippen LogP contribution in [-0.2, 0) is 4.79 Å². The summed E-state index contributed by atoms with van der Waals surface area (Å²) in [4.78, 5) is 24.1. The van der Waals surface area contributed by atoms with Gasteiger partial charge in [0.1, 0.15) is 5.75 Å². The average Bonchev–Trinajstić information content (AvgIpc) is 2.59. The maximum Gasteiger partial charge on any atom is 0.255 e. The van der Waals surface area contributed by atoms with Crippen LogP contribution in [-0.4, -0.2) is 18.4 Å². The van der Waals surface area contributed by atoms with Crippen molar-refractivity contribution < 1.29 is 14.3 Å². The Kier molecular flexibility index (Phi) is 6.83. The van der Waals surface area contributed by atoms with Gasteiger partial charge in [-0.15, -0.1) is 0 Å². The van der Waals surface area contributed by atoms with Crippen molar-refractivity contribution >= 4 is 34.8 Å². The predicted octanol–water partition coefficient (Wildman–Crippen LogP) is 4.73. The van der Waals surface area contributed by atoms with Gasteiger partial charge in [0.05, 0.1) is 17.3 Å². The third-order valence-corrected chi connectivity index (χ3v) is 3.73. The second kappa shape index (κ2) is 9.08. The quantitative estimate of drug-likeness (QED) is 0.750. The molecule has 0 aliphatic heterocycles. The largest absolute Gasteiger partial charge is 0.494 e. The first kappa shape index (κ1) is 18.8. The molecular weight excluding hydrogens is 340 g/mol. The van der Waals surface area contributed by atoms with E-state index in [2.05, 4.69) is 10.6 Å². The van der Waals surface area contributed by atoms with E-state index >= 15 is 0 Å². The highest BCUT2D eigenvalue weighted by Crippen LogP contribution is 2.26. The number of amides is 2. The SMILES string of the molecule is CCCC(=O)Nc1ccc(Cl)c(NC(=O)c2ccc(OCC)cc2)c1. The molecule has 0 heterocycles. The lowest BCUT2D eigenvalue weighted by molar-refractivity contribution is -0.116. The summed E-state index contributed by atoms with van der Waals surface area (Å²) in [6.45, 7) is 4.40. The molecule has 2 rings (SSSR count). The standard InChI is InChI=1S/C19H21ClN2O3/c1-3-5-18(23)21-14-8-11-16(20)17(12-14)22-19(24)13-6-9-15(10-7-13)25-4-2/h6-12H,3-5H2,1-2H3,(H,21,23)(H,22,24). The molecule has 2 aromatic carbocycles. The summed E-state index contributed by atoms with van der Waals surface area (Å²) in [5.74, 6) is 0.341. The molecule has 2 aromatic rings. The zero-order valence-corrected chi connectivity index (χ0v) is 15.0. The number of halogens is 1. The summed E-state index contributed by atoms with van der Waals surface area (Å²) in [5.41, 5.74) is 1.51. The van der Waals surface area contributed by atoms with E-state index in [0.29, 0.717) is 40.7 Å². The number of carbonyl (C=O) groups excluding carboxylic acids is 2. The lowest BCUT2D eigenvalue weighted by Gasteiger charge is -2.11. The van der Waals surface area contributed by atoms with Gasteiger partial charge in [-0.25, -0.2) is 0 Å². The Labute approximate surface area is 152 Å². The predicted molar refractivity (Wildman–Crippen MR) is 101 cm³/mol. The highest BCUT2D eigenvalue weighted by molar-refractivity contribution is 6.34. The molecule has 2 amide bonds. The smallest absolute Gasteiger partial charge is 0.255 e. The fourth-order valence-electron chi connectivity index (χ4n) is 2.21. The minimum Gasteiger partial charge on any atom is -0.494 e. The number of nitrogens with one attached hydrogen (secondary N) is 2. The summed E-state index contributed by atoms with van der Waals surface area (Å²) < 4.78 is 5.36. The highest BCUT2D eigenvalue weighted by Gasteiger charge is 2.10. The van der Waals surface area contributed by atoms with Crippen molar-refractivity contribution in [1.29, 1.82) is 0 Å². The van der Waals surface area contributed by atoms with Crippen LogP contribution in [0.15, 0.2) is 42.5 Å². The van der Waals surface area contributed by atoms with E-state index in [-0.39, 0.29) is 11.8 Å². The summed E-state index contributed by atoms with van der Waals surface area (Å²) in [6.07, 6.45) is 1.21.